The first kappa shape index (κ1) is 17.1. The first-order chi connectivity index (χ1) is 11.9. The number of likely N-dealkylation sites (tertiary alicyclic amines) is 1. The molecule has 2 aliphatic carbocycles. The minimum absolute atomic E-state index is 0.126. The Labute approximate surface area is 151 Å². The number of carboxylic acids is 1. The molecule has 5 atom stereocenters. The fourth-order valence-corrected chi connectivity index (χ4v) is 5.76. The van der Waals surface area contributed by atoms with Crippen molar-refractivity contribution in [3.63, 3.8) is 0 Å². The molecule has 1 aromatic carbocycles. The second-order valence-electron chi connectivity index (χ2n) is 9.19. The van der Waals surface area contributed by atoms with Crippen molar-refractivity contribution in [3.05, 3.63) is 35.9 Å². The molecule has 136 valence electrons. The van der Waals surface area contributed by atoms with Crippen LogP contribution >= 0.6 is 0 Å². The summed E-state index contributed by atoms with van der Waals surface area (Å²) < 4.78 is 0. The van der Waals surface area contributed by atoms with Crippen molar-refractivity contribution in [1.29, 1.82) is 0 Å². The molecule has 2 saturated carbocycles. The number of hydrogen-bond acceptors (Lipinski definition) is 3. The molecule has 3 fully saturated rings. The molecule has 0 N–H and O–H groups in total. The molecule has 25 heavy (non-hydrogen) atoms. The topological polar surface area (TPSA) is 43.4 Å². The van der Waals surface area contributed by atoms with Crippen LogP contribution in [0.4, 0.5) is 0 Å². The summed E-state index contributed by atoms with van der Waals surface area (Å²) in [6.07, 6.45) is 6.85. The van der Waals surface area contributed by atoms with Crippen LogP contribution in [0.5, 0.6) is 0 Å². The van der Waals surface area contributed by atoms with Gasteiger partial charge in [-0.25, -0.2) is 0 Å². The summed E-state index contributed by atoms with van der Waals surface area (Å²) in [5, 5.41) is 12.0. The maximum absolute atomic E-state index is 12.0. The number of hydrogen-bond donors (Lipinski definition) is 0. The van der Waals surface area contributed by atoms with Crippen molar-refractivity contribution in [3.8, 4) is 0 Å². The first-order valence-electron chi connectivity index (χ1n) is 9.95. The standard InChI is InChI=1S/C22H31NO2/c1-16(23-14-18-10-6-7-11-21(18,2)15-23)12-22(20(24)25)13-19(22)17-8-4-3-5-9-17/h3-5,8-9,16,18-19H,6-7,10-15H2,1-2H3,(H,24,25)/p-1/t16?,18-,19?,21+,22?/m0/s1. The van der Waals surface area contributed by atoms with Gasteiger partial charge in [0, 0.05) is 30.5 Å². The van der Waals surface area contributed by atoms with Gasteiger partial charge in [-0.1, -0.05) is 50.1 Å². The Bertz CT molecular complexity index is 645. The number of carboxylic acid groups (broad SMARTS) is 1. The van der Waals surface area contributed by atoms with E-state index in [2.05, 4.69) is 30.9 Å². The summed E-state index contributed by atoms with van der Waals surface area (Å²) in [6.45, 7) is 6.96. The van der Waals surface area contributed by atoms with Crippen LogP contribution < -0.4 is 5.11 Å². The monoisotopic (exact) mass is 340 g/mol. The van der Waals surface area contributed by atoms with Crippen LogP contribution in [0.1, 0.15) is 63.9 Å². The van der Waals surface area contributed by atoms with Crippen molar-refractivity contribution < 1.29 is 9.90 Å². The smallest absolute Gasteiger partial charge is 0.0483 e. The quantitative estimate of drug-likeness (QED) is 0.827. The van der Waals surface area contributed by atoms with Crippen molar-refractivity contribution in [2.24, 2.45) is 16.7 Å². The van der Waals surface area contributed by atoms with E-state index in [-0.39, 0.29) is 5.92 Å². The predicted molar refractivity (Wildman–Crippen MR) is 97.0 cm³/mol. The van der Waals surface area contributed by atoms with Crippen LogP contribution in [0.2, 0.25) is 0 Å². The summed E-state index contributed by atoms with van der Waals surface area (Å²) in [5.74, 6) is 0.0735. The maximum atomic E-state index is 12.0. The molecule has 0 bridgehead atoms. The molecule has 0 amide bonds. The van der Waals surface area contributed by atoms with Gasteiger partial charge in [-0.3, -0.25) is 4.90 Å². The molecule has 4 rings (SSSR count). The van der Waals surface area contributed by atoms with Crippen molar-refractivity contribution in [1.82, 2.24) is 4.90 Å². The van der Waals surface area contributed by atoms with E-state index >= 15 is 0 Å². The zero-order valence-corrected chi connectivity index (χ0v) is 15.5. The largest absolute Gasteiger partial charge is 0.550 e. The molecule has 3 aliphatic rings. The van der Waals surface area contributed by atoms with E-state index in [1.807, 2.05) is 18.2 Å². The van der Waals surface area contributed by atoms with Crippen LogP contribution in [-0.2, 0) is 4.79 Å². The summed E-state index contributed by atoms with van der Waals surface area (Å²) in [7, 11) is 0. The number of aliphatic carboxylic acids is 1. The Morgan fingerprint density at radius 2 is 2.08 bits per heavy atom. The molecule has 0 aromatic heterocycles. The Hall–Kier alpha value is -1.35. The lowest BCUT2D eigenvalue weighted by atomic mass is 9.70. The Kier molecular flexibility index (Phi) is 4.18. The van der Waals surface area contributed by atoms with Gasteiger partial charge in [0.1, 0.15) is 0 Å². The van der Waals surface area contributed by atoms with Gasteiger partial charge in [-0.2, -0.15) is 0 Å². The van der Waals surface area contributed by atoms with E-state index in [0.29, 0.717) is 11.5 Å². The molecular formula is C22H30NO2-. The highest BCUT2D eigenvalue weighted by molar-refractivity contribution is 5.78. The third-order valence-corrected chi connectivity index (χ3v) is 7.52. The zero-order valence-electron chi connectivity index (χ0n) is 15.5. The Morgan fingerprint density at radius 1 is 1.32 bits per heavy atom. The molecule has 3 nitrogen and oxygen atoms in total. The summed E-state index contributed by atoms with van der Waals surface area (Å²) in [5.41, 5.74) is 0.944. The number of nitrogens with zero attached hydrogens (tertiary/aromatic N) is 1. The van der Waals surface area contributed by atoms with Gasteiger partial charge in [0.15, 0.2) is 0 Å². The number of rotatable bonds is 5. The lowest BCUT2D eigenvalue weighted by molar-refractivity contribution is -0.314. The van der Waals surface area contributed by atoms with E-state index in [4.69, 9.17) is 0 Å². The van der Waals surface area contributed by atoms with Crippen LogP contribution in [0.25, 0.3) is 0 Å². The molecule has 1 aliphatic heterocycles. The lowest BCUT2D eigenvalue weighted by Gasteiger charge is -2.35. The number of carbonyl (C=O) groups excluding carboxylic acids is 1. The third kappa shape index (κ3) is 2.91. The number of fused-ring (bicyclic) bond motifs is 1. The highest BCUT2D eigenvalue weighted by Gasteiger charge is 2.57. The van der Waals surface area contributed by atoms with Crippen LogP contribution in [0, 0.1) is 16.7 Å². The van der Waals surface area contributed by atoms with Crippen molar-refractivity contribution >= 4 is 5.97 Å². The predicted octanol–water partition coefficient (Wildman–Crippen LogP) is 3.20. The van der Waals surface area contributed by atoms with E-state index in [1.54, 1.807) is 0 Å². The highest BCUT2D eigenvalue weighted by Crippen LogP contribution is 2.62. The van der Waals surface area contributed by atoms with E-state index in [9.17, 15) is 9.90 Å². The fraction of sp³-hybridized carbons (Fsp3) is 0.682. The average molecular weight is 340 g/mol. The van der Waals surface area contributed by atoms with Gasteiger partial charge in [0.2, 0.25) is 0 Å². The lowest BCUT2D eigenvalue weighted by Crippen LogP contribution is -2.41. The summed E-state index contributed by atoms with van der Waals surface area (Å²) >= 11 is 0. The molecule has 3 heteroatoms. The Morgan fingerprint density at radius 3 is 2.76 bits per heavy atom. The first-order valence-corrected chi connectivity index (χ1v) is 9.95. The molecule has 3 unspecified atom stereocenters. The molecule has 1 saturated heterocycles. The minimum Gasteiger partial charge on any atom is -0.550 e. The fourth-order valence-electron chi connectivity index (χ4n) is 5.76. The highest BCUT2D eigenvalue weighted by atomic mass is 16.4. The molecule has 1 heterocycles. The van der Waals surface area contributed by atoms with Crippen LogP contribution in [0.3, 0.4) is 0 Å². The van der Waals surface area contributed by atoms with Crippen LogP contribution in [-0.4, -0.2) is 30.0 Å². The van der Waals surface area contributed by atoms with Gasteiger partial charge in [-0.15, -0.1) is 0 Å². The maximum Gasteiger partial charge on any atom is 0.0483 e. The van der Waals surface area contributed by atoms with E-state index in [0.717, 1.165) is 37.4 Å². The second-order valence-corrected chi connectivity index (χ2v) is 9.19. The van der Waals surface area contributed by atoms with E-state index < -0.39 is 11.4 Å². The van der Waals surface area contributed by atoms with Gasteiger partial charge in [0.05, 0.1) is 0 Å². The van der Waals surface area contributed by atoms with Crippen molar-refractivity contribution in [2.75, 3.05) is 13.1 Å². The summed E-state index contributed by atoms with van der Waals surface area (Å²) in [4.78, 5) is 14.6. The second kappa shape index (κ2) is 6.12. The number of carbonyl (C=O) groups is 1. The van der Waals surface area contributed by atoms with Gasteiger partial charge in [-0.05, 0) is 55.4 Å². The Balaban J connectivity index is 1.46. The number of benzene rings is 1. The molecular weight excluding hydrogens is 310 g/mol. The van der Waals surface area contributed by atoms with Crippen LogP contribution in [0.15, 0.2) is 30.3 Å². The minimum atomic E-state index is -0.851. The van der Waals surface area contributed by atoms with E-state index in [1.165, 1.54) is 25.7 Å². The normalized spacial score (nSPS) is 39.0. The molecule has 1 aromatic rings. The third-order valence-electron chi connectivity index (χ3n) is 7.52. The van der Waals surface area contributed by atoms with Gasteiger partial charge >= 0.3 is 0 Å². The summed E-state index contributed by atoms with van der Waals surface area (Å²) in [6, 6.07) is 10.4. The SMILES string of the molecule is CC(CC1(C(=O)[O-])CC1c1ccccc1)N1C[C@@H]2CCCC[C@]2(C)C1. The van der Waals surface area contributed by atoms with Gasteiger partial charge in [0.25, 0.3) is 0 Å². The molecule has 0 spiro atoms. The van der Waals surface area contributed by atoms with Crippen molar-refractivity contribution in [2.45, 2.75) is 64.3 Å². The zero-order chi connectivity index (χ0) is 17.7. The van der Waals surface area contributed by atoms with Gasteiger partial charge < -0.3 is 9.90 Å². The molecule has 0 radical (unpaired) electrons. The average Bonchev–Trinajstić information content (AvgIpc) is 3.21.